The molecule has 1 aromatic rings. The molecule has 1 saturated carbocycles. The van der Waals surface area contributed by atoms with E-state index in [1.807, 2.05) is 16.9 Å². The average Bonchev–Trinajstić information content (AvgIpc) is 2.72. The van der Waals surface area contributed by atoms with E-state index >= 15 is 0 Å². The second kappa shape index (κ2) is 5.70. The van der Waals surface area contributed by atoms with Crippen molar-refractivity contribution >= 4 is 5.96 Å². The van der Waals surface area contributed by atoms with Gasteiger partial charge in [0.2, 0.25) is 0 Å². The number of aliphatic imine (C=N–C) groups is 1. The molecule has 0 saturated heterocycles. The van der Waals surface area contributed by atoms with Gasteiger partial charge in [-0.25, -0.2) is 4.99 Å². The van der Waals surface area contributed by atoms with Crippen LogP contribution in [-0.4, -0.2) is 22.3 Å². The van der Waals surface area contributed by atoms with Crippen LogP contribution in [0.5, 0.6) is 0 Å². The number of rotatable bonds is 5. The number of nitrogens with one attached hydrogen (secondary N) is 1. The van der Waals surface area contributed by atoms with Gasteiger partial charge in [0.25, 0.3) is 0 Å². The third-order valence-electron chi connectivity index (χ3n) is 3.23. The third-order valence-corrected chi connectivity index (χ3v) is 3.23. The van der Waals surface area contributed by atoms with E-state index in [9.17, 15) is 0 Å². The van der Waals surface area contributed by atoms with Crippen molar-refractivity contribution in [2.75, 3.05) is 6.54 Å². The number of nitrogens with zero attached hydrogens (tertiary/aromatic N) is 3. The summed E-state index contributed by atoms with van der Waals surface area (Å²) >= 11 is 0. The molecule has 1 aromatic heterocycles. The summed E-state index contributed by atoms with van der Waals surface area (Å²) in [5.74, 6) is 1.32. The Labute approximate surface area is 102 Å². The van der Waals surface area contributed by atoms with Gasteiger partial charge in [-0.05, 0) is 31.7 Å². The molecule has 5 heteroatoms. The van der Waals surface area contributed by atoms with Gasteiger partial charge in [-0.1, -0.05) is 6.42 Å². The topological polar surface area (TPSA) is 68.2 Å². The van der Waals surface area contributed by atoms with Gasteiger partial charge < -0.3 is 11.1 Å². The first kappa shape index (κ1) is 12.0. The normalized spacial score (nSPS) is 16.9. The molecule has 2 rings (SSSR count). The highest BCUT2D eigenvalue weighted by atomic mass is 15.3. The minimum absolute atomic E-state index is 0.531. The fraction of sp³-hybridized carbons (Fsp3) is 0.667. The minimum Gasteiger partial charge on any atom is -0.370 e. The number of aryl methyl sites for hydroxylation is 1. The molecule has 0 unspecified atom stereocenters. The lowest BCUT2D eigenvalue weighted by Crippen LogP contribution is -2.37. The minimum atomic E-state index is 0.531. The predicted molar refractivity (Wildman–Crippen MR) is 68.6 cm³/mol. The average molecular weight is 235 g/mol. The lowest BCUT2D eigenvalue weighted by atomic mass is 9.85. The zero-order valence-corrected chi connectivity index (χ0v) is 10.4. The smallest absolute Gasteiger partial charge is 0.188 e. The van der Waals surface area contributed by atoms with Crippen molar-refractivity contribution in [3.8, 4) is 0 Å². The number of nitrogens with two attached hydrogens (primary N) is 1. The molecule has 3 N–H and O–H groups in total. The molecule has 0 radical (unpaired) electrons. The Morgan fingerprint density at radius 3 is 3.06 bits per heavy atom. The molecule has 0 amide bonds. The number of aromatic nitrogens is 2. The van der Waals surface area contributed by atoms with Crippen LogP contribution in [0.25, 0.3) is 0 Å². The summed E-state index contributed by atoms with van der Waals surface area (Å²) in [6.07, 6.45) is 5.96. The molecule has 1 aliphatic rings. The van der Waals surface area contributed by atoms with Crippen molar-refractivity contribution in [3.05, 3.63) is 18.0 Å². The summed E-state index contributed by atoms with van der Waals surface area (Å²) in [5.41, 5.74) is 6.75. The molecule has 0 aliphatic heterocycles. The maximum Gasteiger partial charge on any atom is 0.188 e. The second-order valence-corrected chi connectivity index (χ2v) is 4.54. The van der Waals surface area contributed by atoms with E-state index in [-0.39, 0.29) is 0 Å². The summed E-state index contributed by atoms with van der Waals surface area (Å²) in [6.45, 7) is 4.46. The fourth-order valence-electron chi connectivity index (χ4n) is 1.83. The van der Waals surface area contributed by atoms with Gasteiger partial charge in [-0.2, -0.15) is 5.10 Å². The Balaban J connectivity index is 1.74. The summed E-state index contributed by atoms with van der Waals surface area (Å²) in [5, 5.41) is 7.52. The zero-order valence-electron chi connectivity index (χ0n) is 10.4. The van der Waals surface area contributed by atoms with Crippen LogP contribution in [0.3, 0.4) is 0 Å². The molecule has 0 aromatic carbocycles. The lowest BCUT2D eigenvalue weighted by Gasteiger charge is -2.25. The van der Waals surface area contributed by atoms with E-state index in [0.717, 1.165) is 24.7 Å². The molecule has 0 atom stereocenters. The van der Waals surface area contributed by atoms with Gasteiger partial charge in [-0.15, -0.1) is 0 Å². The maximum atomic E-state index is 5.79. The van der Waals surface area contributed by atoms with Gasteiger partial charge in [0.05, 0.1) is 12.2 Å². The molecule has 1 heterocycles. The van der Waals surface area contributed by atoms with Crippen molar-refractivity contribution in [3.63, 3.8) is 0 Å². The molecule has 94 valence electrons. The van der Waals surface area contributed by atoms with Gasteiger partial charge in [0.15, 0.2) is 5.96 Å². The Morgan fingerprint density at radius 1 is 1.65 bits per heavy atom. The molecule has 0 bridgehead atoms. The number of guanidine groups is 1. The van der Waals surface area contributed by atoms with Crippen LogP contribution in [0.1, 0.15) is 31.9 Å². The zero-order chi connectivity index (χ0) is 12.1. The van der Waals surface area contributed by atoms with E-state index in [2.05, 4.69) is 22.3 Å². The molecular weight excluding hydrogens is 214 g/mol. The van der Waals surface area contributed by atoms with Crippen LogP contribution in [0, 0.1) is 5.92 Å². The summed E-state index contributed by atoms with van der Waals surface area (Å²) < 4.78 is 1.89. The van der Waals surface area contributed by atoms with Crippen LogP contribution < -0.4 is 11.1 Å². The van der Waals surface area contributed by atoms with Crippen LogP contribution in [0.2, 0.25) is 0 Å². The van der Waals surface area contributed by atoms with Crippen molar-refractivity contribution in [1.82, 2.24) is 15.1 Å². The van der Waals surface area contributed by atoms with E-state index in [4.69, 9.17) is 5.73 Å². The first-order chi connectivity index (χ1) is 8.28. The summed E-state index contributed by atoms with van der Waals surface area (Å²) in [7, 11) is 0. The van der Waals surface area contributed by atoms with E-state index < -0.39 is 0 Å². The third kappa shape index (κ3) is 3.47. The highest BCUT2D eigenvalue weighted by molar-refractivity contribution is 5.77. The molecule has 1 fully saturated rings. The highest BCUT2D eigenvalue weighted by Crippen LogP contribution is 2.24. The molecule has 1 aliphatic carbocycles. The fourth-order valence-corrected chi connectivity index (χ4v) is 1.83. The molecule has 17 heavy (non-hydrogen) atoms. The van der Waals surface area contributed by atoms with E-state index in [1.165, 1.54) is 19.3 Å². The first-order valence-corrected chi connectivity index (χ1v) is 6.34. The van der Waals surface area contributed by atoms with Crippen molar-refractivity contribution in [1.29, 1.82) is 0 Å². The largest absolute Gasteiger partial charge is 0.370 e. The predicted octanol–water partition coefficient (Wildman–Crippen LogP) is 1.11. The van der Waals surface area contributed by atoms with Gasteiger partial charge in [0, 0.05) is 19.3 Å². The van der Waals surface area contributed by atoms with Gasteiger partial charge >= 0.3 is 0 Å². The van der Waals surface area contributed by atoms with Crippen LogP contribution in [0.4, 0.5) is 0 Å². The Morgan fingerprint density at radius 2 is 2.47 bits per heavy atom. The molecule has 0 spiro atoms. The van der Waals surface area contributed by atoms with Crippen molar-refractivity contribution < 1.29 is 0 Å². The molecule has 5 nitrogen and oxygen atoms in total. The summed E-state index contributed by atoms with van der Waals surface area (Å²) in [4.78, 5) is 4.28. The van der Waals surface area contributed by atoms with Crippen molar-refractivity contribution in [2.24, 2.45) is 16.6 Å². The quantitative estimate of drug-likeness (QED) is 0.593. The van der Waals surface area contributed by atoms with Gasteiger partial charge in [-0.3, -0.25) is 4.68 Å². The van der Waals surface area contributed by atoms with Crippen LogP contribution in [-0.2, 0) is 13.1 Å². The SMILES string of the molecule is CCn1ccc(CN=C(N)NCC2CCC2)n1. The highest BCUT2D eigenvalue weighted by Gasteiger charge is 2.16. The number of hydrogen-bond acceptors (Lipinski definition) is 2. The Kier molecular flexibility index (Phi) is 4.01. The van der Waals surface area contributed by atoms with Gasteiger partial charge in [0.1, 0.15) is 0 Å². The van der Waals surface area contributed by atoms with Crippen LogP contribution >= 0.6 is 0 Å². The van der Waals surface area contributed by atoms with E-state index in [1.54, 1.807) is 0 Å². The van der Waals surface area contributed by atoms with Crippen molar-refractivity contribution in [2.45, 2.75) is 39.3 Å². The molecular formula is C12H21N5. The van der Waals surface area contributed by atoms with E-state index in [0.29, 0.717) is 12.5 Å². The summed E-state index contributed by atoms with van der Waals surface area (Å²) in [6, 6.07) is 1.98. The number of hydrogen-bond donors (Lipinski definition) is 2. The first-order valence-electron chi connectivity index (χ1n) is 6.34. The second-order valence-electron chi connectivity index (χ2n) is 4.54. The lowest BCUT2D eigenvalue weighted by molar-refractivity contribution is 0.315. The monoisotopic (exact) mass is 235 g/mol. The Hall–Kier alpha value is -1.52. The standard InChI is InChI=1S/C12H21N5/c1-2-17-7-6-11(16-17)9-15-12(13)14-8-10-4-3-5-10/h6-7,10H,2-5,8-9H2,1H3,(H3,13,14,15). The maximum absolute atomic E-state index is 5.79. The van der Waals surface area contributed by atoms with Crippen LogP contribution in [0.15, 0.2) is 17.3 Å². The Bertz CT molecular complexity index is 378.